The first kappa shape index (κ1) is 12.0. The lowest BCUT2D eigenvalue weighted by Gasteiger charge is -2.15. The van der Waals surface area contributed by atoms with Crippen LogP contribution in [0.1, 0.15) is 35.4 Å². The summed E-state index contributed by atoms with van der Waals surface area (Å²) in [6, 6.07) is 6.65. The van der Waals surface area contributed by atoms with Gasteiger partial charge < -0.3 is 4.57 Å². The Labute approximate surface area is 116 Å². The van der Waals surface area contributed by atoms with Gasteiger partial charge in [0.2, 0.25) is 0 Å². The fourth-order valence-corrected chi connectivity index (χ4v) is 3.30. The Bertz CT molecular complexity index is 572. The number of alkyl halides is 1. The summed E-state index contributed by atoms with van der Waals surface area (Å²) >= 11 is 3.52. The molecule has 1 heterocycles. The van der Waals surface area contributed by atoms with E-state index in [0.29, 0.717) is 0 Å². The zero-order valence-corrected chi connectivity index (χ0v) is 12.2. The van der Waals surface area contributed by atoms with Gasteiger partial charge in [0.15, 0.2) is 0 Å². The maximum atomic E-state index is 4.56. The highest BCUT2D eigenvalue weighted by Gasteiger charge is 2.16. The highest BCUT2D eigenvalue weighted by Crippen LogP contribution is 2.24. The number of rotatable bonds is 2. The minimum absolute atomic E-state index is 0.918. The summed E-state index contributed by atoms with van der Waals surface area (Å²) < 4.78 is 2.26. The predicted octanol–water partition coefficient (Wildman–Crippen LogP) is 3.95. The topological polar surface area (TPSA) is 17.8 Å². The summed E-state index contributed by atoms with van der Waals surface area (Å²) in [6.45, 7) is 2.17. The first-order valence-corrected chi connectivity index (χ1v) is 7.62. The highest BCUT2D eigenvalue weighted by molar-refractivity contribution is 9.08. The van der Waals surface area contributed by atoms with Crippen LogP contribution in [0.5, 0.6) is 0 Å². The average molecular weight is 305 g/mol. The zero-order valence-electron chi connectivity index (χ0n) is 10.6. The van der Waals surface area contributed by atoms with Crippen molar-refractivity contribution in [2.75, 3.05) is 0 Å². The van der Waals surface area contributed by atoms with Gasteiger partial charge in [-0.05, 0) is 55.9 Å². The number of hydrogen-bond donors (Lipinski definition) is 0. The molecular formula is C15H17BrN2. The number of aryl methyl sites for hydroxylation is 2. The molecule has 0 spiro atoms. The van der Waals surface area contributed by atoms with Gasteiger partial charge >= 0.3 is 0 Å². The molecule has 1 aromatic carbocycles. The largest absolute Gasteiger partial charge is 0.303 e. The van der Waals surface area contributed by atoms with Gasteiger partial charge in [0, 0.05) is 16.7 Å². The van der Waals surface area contributed by atoms with E-state index in [0.717, 1.165) is 18.2 Å². The molecule has 94 valence electrons. The molecule has 1 aliphatic rings. The Balaban J connectivity index is 2.04. The molecule has 0 fully saturated rings. The molecule has 0 saturated carbocycles. The van der Waals surface area contributed by atoms with Crippen LogP contribution in [-0.4, -0.2) is 9.55 Å². The van der Waals surface area contributed by atoms with Gasteiger partial charge in [0.25, 0.3) is 0 Å². The van der Waals surface area contributed by atoms with Gasteiger partial charge in [0.05, 0.1) is 12.0 Å². The third-order valence-electron chi connectivity index (χ3n) is 3.78. The maximum absolute atomic E-state index is 4.56. The molecule has 0 bridgehead atoms. The second-order valence-corrected chi connectivity index (χ2v) is 5.52. The molecule has 3 heteroatoms. The number of benzene rings is 1. The number of fused-ring (bicyclic) bond motifs is 1. The van der Waals surface area contributed by atoms with Crippen molar-refractivity contribution in [2.24, 2.45) is 0 Å². The van der Waals surface area contributed by atoms with E-state index >= 15 is 0 Å². The summed E-state index contributed by atoms with van der Waals surface area (Å²) in [5, 5.41) is 0.918. The quantitative estimate of drug-likeness (QED) is 0.768. The van der Waals surface area contributed by atoms with Crippen LogP contribution in [0.15, 0.2) is 24.5 Å². The van der Waals surface area contributed by atoms with Crippen LogP contribution in [0, 0.1) is 6.92 Å². The molecule has 1 aliphatic carbocycles. The molecule has 0 amide bonds. The molecule has 18 heavy (non-hydrogen) atoms. The third kappa shape index (κ3) is 2.01. The lowest BCUT2D eigenvalue weighted by Crippen LogP contribution is -2.07. The van der Waals surface area contributed by atoms with E-state index in [9.17, 15) is 0 Å². The highest BCUT2D eigenvalue weighted by atomic mass is 79.9. The smallest absolute Gasteiger partial charge is 0.0997 e. The van der Waals surface area contributed by atoms with E-state index in [1.807, 2.05) is 6.33 Å². The summed E-state index contributed by atoms with van der Waals surface area (Å²) in [4.78, 5) is 4.56. The first-order chi connectivity index (χ1) is 8.79. The lowest BCUT2D eigenvalue weighted by atomic mass is 10.0. The summed E-state index contributed by atoms with van der Waals surface area (Å²) in [6.07, 6.45) is 6.86. The molecular weight excluding hydrogens is 288 g/mol. The standard InChI is InChI=1S/C15H17BrN2/c1-11-8-13(7-6-12(11)9-16)18-10-17-14-4-2-3-5-15(14)18/h6-8,10H,2-5,9H2,1H3. The van der Waals surface area contributed by atoms with Crippen LogP contribution < -0.4 is 0 Å². The second kappa shape index (κ2) is 4.88. The fourth-order valence-electron chi connectivity index (χ4n) is 2.67. The Morgan fingerprint density at radius 2 is 2.11 bits per heavy atom. The maximum Gasteiger partial charge on any atom is 0.0997 e. The van der Waals surface area contributed by atoms with Crippen LogP contribution in [0.25, 0.3) is 5.69 Å². The molecule has 0 atom stereocenters. The second-order valence-electron chi connectivity index (χ2n) is 4.96. The third-order valence-corrected chi connectivity index (χ3v) is 4.38. The van der Waals surface area contributed by atoms with E-state index < -0.39 is 0 Å². The van der Waals surface area contributed by atoms with Crippen molar-refractivity contribution in [2.45, 2.75) is 37.9 Å². The van der Waals surface area contributed by atoms with Crippen LogP contribution in [0.4, 0.5) is 0 Å². The number of imidazole rings is 1. The van der Waals surface area contributed by atoms with Gasteiger partial charge in [-0.15, -0.1) is 0 Å². The van der Waals surface area contributed by atoms with Crippen LogP contribution in [0.2, 0.25) is 0 Å². The molecule has 0 saturated heterocycles. The van der Waals surface area contributed by atoms with E-state index in [4.69, 9.17) is 0 Å². The van der Waals surface area contributed by atoms with Gasteiger partial charge in [-0.1, -0.05) is 22.0 Å². The van der Waals surface area contributed by atoms with Crippen molar-refractivity contribution < 1.29 is 0 Å². The molecule has 2 aromatic rings. The van der Waals surface area contributed by atoms with Gasteiger partial charge in [-0.2, -0.15) is 0 Å². The number of aromatic nitrogens is 2. The first-order valence-electron chi connectivity index (χ1n) is 6.50. The van der Waals surface area contributed by atoms with E-state index in [1.54, 1.807) is 0 Å². The number of halogens is 1. The Hall–Kier alpha value is -1.09. The number of hydrogen-bond acceptors (Lipinski definition) is 1. The minimum atomic E-state index is 0.918. The van der Waals surface area contributed by atoms with Gasteiger partial charge in [-0.25, -0.2) is 4.98 Å². The van der Waals surface area contributed by atoms with Crippen molar-refractivity contribution in [3.05, 3.63) is 47.0 Å². The summed E-state index contributed by atoms with van der Waals surface area (Å²) in [7, 11) is 0. The van der Waals surface area contributed by atoms with Gasteiger partial charge in [-0.3, -0.25) is 0 Å². The van der Waals surface area contributed by atoms with Crippen molar-refractivity contribution in [1.82, 2.24) is 9.55 Å². The van der Waals surface area contributed by atoms with Crippen molar-refractivity contribution in [3.63, 3.8) is 0 Å². The molecule has 0 radical (unpaired) electrons. The van der Waals surface area contributed by atoms with Crippen LogP contribution in [-0.2, 0) is 18.2 Å². The SMILES string of the molecule is Cc1cc(-n2cnc3c2CCCC3)ccc1CBr. The Morgan fingerprint density at radius 1 is 1.28 bits per heavy atom. The van der Waals surface area contributed by atoms with Crippen LogP contribution in [0.3, 0.4) is 0 Å². The Kier molecular flexibility index (Phi) is 3.25. The van der Waals surface area contributed by atoms with Gasteiger partial charge in [0.1, 0.15) is 0 Å². The molecule has 2 nitrogen and oxygen atoms in total. The monoisotopic (exact) mass is 304 g/mol. The van der Waals surface area contributed by atoms with E-state index in [2.05, 4.69) is 50.6 Å². The molecule has 0 N–H and O–H groups in total. The van der Waals surface area contributed by atoms with E-state index in [-0.39, 0.29) is 0 Å². The van der Waals surface area contributed by atoms with Crippen molar-refractivity contribution >= 4 is 15.9 Å². The lowest BCUT2D eigenvalue weighted by molar-refractivity contribution is 0.656. The van der Waals surface area contributed by atoms with Crippen molar-refractivity contribution in [1.29, 1.82) is 0 Å². The van der Waals surface area contributed by atoms with E-state index in [1.165, 1.54) is 41.0 Å². The predicted molar refractivity (Wildman–Crippen MR) is 77.6 cm³/mol. The van der Waals surface area contributed by atoms with Crippen LogP contribution >= 0.6 is 15.9 Å². The molecule has 0 unspecified atom stereocenters. The fraction of sp³-hybridized carbons (Fsp3) is 0.400. The summed E-state index contributed by atoms with van der Waals surface area (Å²) in [5.41, 5.74) is 6.64. The zero-order chi connectivity index (χ0) is 12.5. The van der Waals surface area contributed by atoms with Crippen molar-refractivity contribution in [3.8, 4) is 5.69 Å². The minimum Gasteiger partial charge on any atom is -0.303 e. The molecule has 1 aromatic heterocycles. The summed E-state index contributed by atoms with van der Waals surface area (Å²) in [5.74, 6) is 0. The Morgan fingerprint density at radius 3 is 2.89 bits per heavy atom. The molecule has 3 rings (SSSR count). The molecule has 0 aliphatic heterocycles. The average Bonchev–Trinajstić information content (AvgIpc) is 2.82. The normalized spacial score (nSPS) is 14.6. The number of nitrogens with zero attached hydrogens (tertiary/aromatic N) is 2.